The number of rotatable bonds is 3. The van der Waals surface area contributed by atoms with Gasteiger partial charge in [-0.2, -0.15) is 0 Å². The molecule has 2 unspecified atom stereocenters. The van der Waals surface area contributed by atoms with E-state index in [1.54, 1.807) is 0 Å². The highest BCUT2D eigenvalue weighted by Crippen LogP contribution is 2.23. The average molecular weight is 242 g/mol. The van der Waals surface area contributed by atoms with E-state index >= 15 is 0 Å². The van der Waals surface area contributed by atoms with Crippen LogP contribution in [0, 0.1) is 5.92 Å². The highest BCUT2D eigenvalue weighted by Gasteiger charge is 2.22. The predicted molar refractivity (Wildman–Crippen MR) is 69.0 cm³/mol. The zero-order chi connectivity index (χ0) is 12.9. The SMILES string of the molecule is CNC1CCCC(CNC(=O)OC(C)(C)C)C1. The number of nitrogens with one attached hydrogen (secondary N) is 2. The molecule has 1 rings (SSSR count). The maximum Gasteiger partial charge on any atom is 0.407 e. The molecule has 2 N–H and O–H groups in total. The molecule has 17 heavy (non-hydrogen) atoms. The predicted octanol–water partition coefficient (Wildman–Crippen LogP) is 2.29. The van der Waals surface area contributed by atoms with Gasteiger partial charge in [0.2, 0.25) is 0 Å². The summed E-state index contributed by atoms with van der Waals surface area (Å²) in [5.74, 6) is 0.578. The second-order valence-electron chi connectivity index (χ2n) is 5.90. The Kier molecular flexibility index (Phi) is 5.25. The first-order valence-electron chi connectivity index (χ1n) is 6.55. The molecule has 100 valence electrons. The third-order valence-electron chi connectivity index (χ3n) is 3.13. The number of carbonyl (C=O) groups excluding carboxylic acids is 1. The fourth-order valence-electron chi connectivity index (χ4n) is 2.28. The molecule has 1 aliphatic carbocycles. The second kappa shape index (κ2) is 6.24. The Bertz CT molecular complexity index is 248. The van der Waals surface area contributed by atoms with Gasteiger partial charge in [0.25, 0.3) is 0 Å². The molecule has 0 heterocycles. The van der Waals surface area contributed by atoms with E-state index in [0.717, 1.165) is 13.0 Å². The summed E-state index contributed by atoms with van der Waals surface area (Å²) < 4.78 is 5.22. The smallest absolute Gasteiger partial charge is 0.407 e. The molecular formula is C13H26N2O2. The largest absolute Gasteiger partial charge is 0.444 e. The molecule has 4 heteroatoms. The molecule has 0 spiro atoms. The molecule has 1 amide bonds. The van der Waals surface area contributed by atoms with Crippen LogP contribution in [-0.2, 0) is 4.74 Å². The van der Waals surface area contributed by atoms with Crippen molar-refractivity contribution in [3.63, 3.8) is 0 Å². The van der Waals surface area contributed by atoms with Crippen molar-refractivity contribution in [1.82, 2.24) is 10.6 Å². The topological polar surface area (TPSA) is 50.4 Å². The monoisotopic (exact) mass is 242 g/mol. The van der Waals surface area contributed by atoms with E-state index in [-0.39, 0.29) is 6.09 Å². The van der Waals surface area contributed by atoms with Gasteiger partial charge in [-0.05, 0) is 53.0 Å². The van der Waals surface area contributed by atoms with Crippen molar-refractivity contribution in [2.45, 2.75) is 58.1 Å². The van der Waals surface area contributed by atoms with Gasteiger partial charge in [-0.25, -0.2) is 4.79 Å². The van der Waals surface area contributed by atoms with E-state index in [4.69, 9.17) is 4.74 Å². The van der Waals surface area contributed by atoms with Gasteiger partial charge in [0.1, 0.15) is 5.60 Å². The summed E-state index contributed by atoms with van der Waals surface area (Å²) in [6, 6.07) is 0.606. The van der Waals surface area contributed by atoms with Gasteiger partial charge in [0.05, 0.1) is 0 Å². The highest BCUT2D eigenvalue weighted by atomic mass is 16.6. The van der Waals surface area contributed by atoms with Crippen molar-refractivity contribution >= 4 is 6.09 Å². The van der Waals surface area contributed by atoms with Crippen LogP contribution in [-0.4, -0.2) is 31.3 Å². The van der Waals surface area contributed by atoms with E-state index in [1.807, 2.05) is 27.8 Å². The van der Waals surface area contributed by atoms with Crippen molar-refractivity contribution in [2.24, 2.45) is 5.92 Å². The molecular weight excluding hydrogens is 216 g/mol. The number of ether oxygens (including phenoxy) is 1. The van der Waals surface area contributed by atoms with Crippen LogP contribution in [0.5, 0.6) is 0 Å². The lowest BCUT2D eigenvalue weighted by Gasteiger charge is -2.29. The lowest BCUT2D eigenvalue weighted by Crippen LogP contribution is -2.39. The van der Waals surface area contributed by atoms with Gasteiger partial charge < -0.3 is 15.4 Å². The van der Waals surface area contributed by atoms with Gasteiger partial charge in [-0.15, -0.1) is 0 Å². The number of hydrogen-bond acceptors (Lipinski definition) is 3. The minimum Gasteiger partial charge on any atom is -0.444 e. The Morgan fingerprint density at radius 3 is 2.65 bits per heavy atom. The first-order valence-corrected chi connectivity index (χ1v) is 6.55. The molecule has 0 radical (unpaired) electrons. The molecule has 2 atom stereocenters. The summed E-state index contributed by atoms with van der Waals surface area (Å²) in [5, 5.41) is 6.18. The summed E-state index contributed by atoms with van der Waals surface area (Å²) in [6.45, 7) is 6.37. The van der Waals surface area contributed by atoms with E-state index in [2.05, 4.69) is 10.6 Å². The summed E-state index contributed by atoms with van der Waals surface area (Å²) in [4.78, 5) is 11.5. The minimum absolute atomic E-state index is 0.302. The number of amides is 1. The van der Waals surface area contributed by atoms with Gasteiger partial charge >= 0.3 is 6.09 Å². The molecule has 1 saturated carbocycles. The van der Waals surface area contributed by atoms with E-state index in [1.165, 1.54) is 19.3 Å². The van der Waals surface area contributed by atoms with Crippen molar-refractivity contribution in [1.29, 1.82) is 0 Å². The molecule has 0 aromatic carbocycles. The fourth-order valence-corrected chi connectivity index (χ4v) is 2.28. The average Bonchev–Trinajstić information content (AvgIpc) is 2.24. The number of hydrogen-bond donors (Lipinski definition) is 2. The molecule has 1 fully saturated rings. The third-order valence-corrected chi connectivity index (χ3v) is 3.13. The Morgan fingerprint density at radius 1 is 1.35 bits per heavy atom. The zero-order valence-corrected chi connectivity index (χ0v) is 11.5. The second-order valence-corrected chi connectivity index (χ2v) is 5.90. The third kappa shape index (κ3) is 5.91. The van der Waals surface area contributed by atoms with Gasteiger partial charge in [0, 0.05) is 12.6 Å². The molecule has 0 aromatic rings. The van der Waals surface area contributed by atoms with Gasteiger partial charge in [0.15, 0.2) is 0 Å². The van der Waals surface area contributed by atoms with Crippen LogP contribution in [0.25, 0.3) is 0 Å². The zero-order valence-electron chi connectivity index (χ0n) is 11.5. The lowest BCUT2D eigenvalue weighted by molar-refractivity contribution is 0.0513. The van der Waals surface area contributed by atoms with Crippen molar-refractivity contribution < 1.29 is 9.53 Å². The maximum atomic E-state index is 11.5. The highest BCUT2D eigenvalue weighted by molar-refractivity contribution is 5.67. The summed E-state index contributed by atoms with van der Waals surface area (Å²) >= 11 is 0. The molecule has 4 nitrogen and oxygen atoms in total. The lowest BCUT2D eigenvalue weighted by atomic mass is 9.86. The molecule has 1 aliphatic rings. The van der Waals surface area contributed by atoms with E-state index in [0.29, 0.717) is 12.0 Å². The quantitative estimate of drug-likeness (QED) is 0.798. The maximum absolute atomic E-state index is 11.5. The standard InChI is InChI=1S/C13H26N2O2/c1-13(2,3)17-12(16)15-9-10-6-5-7-11(8-10)14-4/h10-11,14H,5-9H2,1-4H3,(H,15,16). The number of alkyl carbamates (subject to hydrolysis) is 1. The van der Waals surface area contributed by atoms with Crippen LogP contribution in [0.4, 0.5) is 4.79 Å². The van der Waals surface area contributed by atoms with Crippen LogP contribution in [0.1, 0.15) is 46.5 Å². The van der Waals surface area contributed by atoms with E-state index < -0.39 is 5.60 Å². The van der Waals surface area contributed by atoms with Crippen LogP contribution >= 0.6 is 0 Å². The molecule has 0 aliphatic heterocycles. The summed E-state index contributed by atoms with van der Waals surface area (Å²) in [5.41, 5.74) is -0.413. The summed E-state index contributed by atoms with van der Waals surface area (Å²) in [6.07, 6.45) is 4.54. The number of carbonyl (C=O) groups is 1. The summed E-state index contributed by atoms with van der Waals surface area (Å²) in [7, 11) is 2.01. The Balaban J connectivity index is 2.23. The molecule has 0 bridgehead atoms. The Labute approximate surface area is 104 Å². The van der Waals surface area contributed by atoms with Crippen LogP contribution < -0.4 is 10.6 Å². The van der Waals surface area contributed by atoms with Crippen molar-refractivity contribution in [2.75, 3.05) is 13.6 Å². The van der Waals surface area contributed by atoms with Crippen molar-refractivity contribution in [3.05, 3.63) is 0 Å². The minimum atomic E-state index is -0.413. The Hall–Kier alpha value is -0.770. The molecule has 0 saturated heterocycles. The van der Waals surface area contributed by atoms with Crippen LogP contribution in [0.2, 0.25) is 0 Å². The van der Waals surface area contributed by atoms with E-state index in [9.17, 15) is 4.79 Å². The Morgan fingerprint density at radius 2 is 2.06 bits per heavy atom. The van der Waals surface area contributed by atoms with Gasteiger partial charge in [-0.1, -0.05) is 6.42 Å². The normalized spacial score (nSPS) is 25.4. The van der Waals surface area contributed by atoms with Crippen LogP contribution in [0.15, 0.2) is 0 Å². The first kappa shape index (κ1) is 14.3. The van der Waals surface area contributed by atoms with Gasteiger partial charge in [-0.3, -0.25) is 0 Å². The first-order chi connectivity index (χ1) is 7.90. The molecule has 0 aromatic heterocycles. The van der Waals surface area contributed by atoms with Crippen LogP contribution in [0.3, 0.4) is 0 Å². The fraction of sp³-hybridized carbons (Fsp3) is 0.923. The van der Waals surface area contributed by atoms with Crippen molar-refractivity contribution in [3.8, 4) is 0 Å².